The number of nitrogens with one attached hydrogen (secondary N) is 2. The van der Waals surface area contributed by atoms with Crippen LogP contribution in [-0.4, -0.2) is 31.4 Å². The number of hydrogen-bond donors (Lipinski definition) is 2. The van der Waals surface area contributed by atoms with Gasteiger partial charge in [0.15, 0.2) is 5.76 Å². The van der Waals surface area contributed by atoms with Crippen LogP contribution in [0.3, 0.4) is 0 Å². The van der Waals surface area contributed by atoms with Gasteiger partial charge in [-0.1, -0.05) is 18.2 Å². The van der Waals surface area contributed by atoms with Crippen molar-refractivity contribution in [2.24, 2.45) is 0 Å². The van der Waals surface area contributed by atoms with E-state index in [0.717, 1.165) is 41.8 Å². The van der Waals surface area contributed by atoms with Crippen molar-refractivity contribution in [2.75, 3.05) is 23.4 Å². The highest BCUT2D eigenvalue weighted by Gasteiger charge is 2.35. The molecule has 2 amide bonds. The number of nitrogens with zero attached hydrogens (tertiary/aromatic N) is 2. The number of anilines is 2. The van der Waals surface area contributed by atoms with Gasteiger partial charge < -0.3 is 19.6 Å². The third-order valence-electron chi connectivity index (χ3n) is 5.72. The van der Waals surface area contributed by atoms with Gasteiger partial charge in [-0.15, -0.1) is 0 Å². The molecule has 0 bridgehead atoms. The molecule has 1 aliphatic carbocycles. The number of amides is 2. The quantitative estimate of drug-likeness (QED) is 0.735. The van der Waals surface area contributed by atoms with Gasteiger partial charge in [-0.25, -0.2) is 5.43 Å². The standard InChI is InChI=1S/C24H28N4O3/c1-16-15-27(24(30)23-10-7-13-31-23)22-14-18(11-12-21(22)28(16)17(2)29)19-8-5-4-6-9-20(19)26-25-3/h5,7-8,10-14,16,25-26H,4,6,9,15H2,1-3H3/t16-/m0/s1. The first-order valence-corrected chi connectivity index (χ1v) is 10.6. The molecule has 0 fully saturated rings. The van der Waals surface area contributed by atoms with Crippen molar-refractivity contribution in [1.29, 1.82) is 0 Å². The Morgan fingerprint density at radius 2 is 2.03 bits per heavy atom. The second-order valence-electron chi connectivity index (χ2n) is 7.90. The van der Waals surface area contributed by atoms with Gasteiger partial charge in [-0.3, -0.25) is 9.59 Å². The van der Waals surface area contributed by atoms with Gasteiger partial charge in [0.05, 0.1) is 23.7 Å². The van der Waals surface area contributed by atoms with Crippen LogP contribution in [0.1, 0.15) is 49.2 Å². The van der Waals surface area contributed by atoms with Crippen molar-refractivity contribution < 1.29 is 14.0 Å². The molecule has 7 nitrogen and oxygen atoms in total. The largest absolute Gasteiger partial charge is 0.459 e. The van der Waals surface area contributed by atoms with E-state index in [1.165, 1.54) is 6.26 Å². The summed E-state index contributed by atoms with van der Waals surface area (Å²) in [6.45, 7) is 3.90. The SMILES string of the molecule is CNNC1=C(c2ccc3c(c2)N(C(=O)c2ccco2)C[C@H](C)N3C(C)=O)C=CCCC1. The fourth-order valence-electron chi connectivity index (χ4n) is 4.38. The first-order valence-electron chi connectivity index (χ1n) is 10.6. The molecule has 0 unspecified atom stereocenters. The lowest BCUT2D eigenvalue weighted by Gasteiger charge is -2.40. The van der Waals surface area contributed by atoms with Crippen LogP contribution in [-0.2, 0) is 4.79 Å². The van der Waals surface area contributed by atoms with Crippen molar-refractivity contribution in [3.63, 3.8) is 0 Å². The first kappa shape index (κ1) is 20.9. The molecule has 0 radical (unpaired) electrons. The molecule has 1 atom stereocenters. The van der Waals surface area contributed by atoms with E-state index in [2.05, 4.69) is 23.0 Å². The Bertz CT molecular complexity index is 1040. The normalized spacial score (nSPS) is 18.6. The van der Waals surface area contributed by atoms with Crippen LogP contribution in [0.5, 0.6) is 0 Å². The number of allylic oxidation sites excluding steroid dienone is 4. The zero-order valence-corrected chi connectivity index (χ0v) is 18.1. The number of carbonyl (C=O) groups is 2. The first-order chi connectivity index (χ1) is 15.0. The summed E-state index contributed by atoms with van der Waals surface area (Å²) in [5.41, 5.74) is 10.9. The summed E-state index contributed by atoms with van der Waals surface area (Å²) in [6.07, 6.45) is 8.80. The van der Waals surface area contributed by atoms with Crippen LogP contribution in [0.4, 0.5) is 11.4 Å². The molecule has 2 aliphatic rings. The van der Waals surface area contributed by atoms with E-state index in [1.54, 1.807) is 28.9 Å². The topological polar surface area (TPSA) is 77.8 Å². The zero-order chi connectivity index (χ0) is 22.0. The summed E-state index contributed by atoms with van der Waals surface area (Å²) in [4.78, 5) is 29.1. The smallest absolute Gasteiger partial charge is 0.294 e. The number of hydrazine groups is 1. The summed E-state index contributed by atoms with van der Waals surface area (Å²) < 4.78 is 5.37. The highest BCUT2D eigenvalue weighted by atomic mass is 16.3. The Balaban J connectivity index is 1.85. The number of hydrogen-bond acceptors (Lipinski definition) is 5. The Kier molecular flexibility index (Phi) is 5.95. The lowest BCUT2D eigenvalue weighted by atomic mass is 9.98. The average molecular weight is 421 g/mol. The van der Waals surface area contributed by atoms with Crippen molar-refractivity contribution in [2.45, 2.75) is 39.2 Å². The van der Waals surface area contributed by atoms with Gasteiger partial charge in [-0.05, 0) is 56.0 Å². The molecule has 0 saturated heterocycles. The summed E-state index contributed by atoms with van der Waals surface area (Å²) in [5, 5.41) is 0. The number of carbonyl (C=O) groups excluding carboxylic acids is 2. The summed E-state index contributed by atoms with van der Waals surface area (Å²) in [6, 6.07) is 9.18. The Hall–Kier alpha value is -3.32. The van der Waals surface area contributed by atoms with Gasteiger partial charge in [0, 0.05) is 31.8 Å². The van der Waals surface area contributed by atoms with Crippen LogP contribution >= 0.6 is 0 Å². The van der Waals surface area contributed by atoms with Crippen LogP contribution in [0.2, 0.25) is 0 Å². The summed E-state index contributed by atoms with van der Waals surface area (Å²) >= 11 is 0. The van der Waals surface area contributed by atoms with E-state index in [1.807, 2.05) is 32.2 Å². The van der Waals surface area contributed by atoms with E-state index in [9.17, 15) is 9.59 Å². The fourth-order valence-corrected chi connectivity index (χ4v) is 4.38. The zero-order valence-electron chi connectivity index (χ0n) is 18.1. The van der Waals surface area contributed by atoms with E-state index in [-0.39, 0.29) is 23.6 Å². The molecule has 4 rings (SSSR count). The Labute approximate surface area is 182 Å². The number of fused-ring (bicyclic) bond motifs is 1. The van der Waals surface area contributed by atoms with E-state index < -0.39 is 0 Å². The number of benzene rings is 1. The van der Waals surface area contributed by atoms with Crippen molar-refractivity contribution in [1.82, 2.24) is 10.9 Å². The molecule has 0 saturated carbocycles. The maximum Gasteiger partial charge on any atom is 0.294 e. The monoisotopic (exact) mass is 420 g/mol. The predicted octanol–water partition coefficient (Wildman–Crippen LogP) is 3.86. The minimum atomic E-state index is -0.211. The molecule has 0 spiro atoms. The van der Waals surface area contributed by atoms with Crippen LogP contribution in [0.25, 0.3) is 5.57 Å². The number of furan rings is 1. The third-order valence-corrected chi connectivity index (χ3v) is 5.72. The summed E-state index contributed by atoms with van der Waals surface area (Å²) in [5.74, 6) is 0.0288. The molecule has 2 aromatic rings. The van der Waals surface area contributed by atoms with Crippen molar-refractivity contribution in [3.8, 4) is 0 Å². The van der Waals surface area contributed by atoms with E-state index in [4.69, 9.17) is 4.42 Å². The maximum absolute atomic E-state index is 13.2. The number of rotatable bonds is 4. The van der Waals surface area contributed by atoms with Gasteiger partial charge in [0.1, 0.15) is 0 Å². The molecule has 2 N–H and O–H groups in total. The predicted molar refractivity (Wildman–Crippen MR) is 122 cm³/mol. The Morgan fingerprint density at radius 3 is 2.74 bits per heavy atom. The molecule has 1 aromatic heterocycles. The Morgan fingerprint density at radius 1 is 1.19 bits per heavy atom. The van der Waals surface area contributed by atoms with Gasteiger partial charge >= 0.3 is 0 Å². The van der Waals surface area contributed by atoms with Crippen LogP contribution in [0.15, 0.2) is 58.9 Å². The van der Waals surface area contributed by atoms with E-state index in [0.29, 0.717) is 12.2 Å². The molecular weight excluding hydrogens is 392 g/mol. The van der Waals surface area contributed by atoms with Crippen molar-refractivity contribution in [3.05, 3.63) is 65.8 Å². The lowest BCUT2D eigenvalue weighted by Crippen LogP contribution is -2.51. The molecule has 2 heterocycles. The molecule has 7 heteroatoms. The minimum Gasteiger partial charge on any atom is -0.459 e. The average Bonchev–Trinajstić information content (AvgIpc) is 3.19. The highest BCUT2D eigenvalue weighted by molar-refractivity contribution is 6.09. The van der Waals surface area contributed by atoms with Crippen LogP contribution < -0.4 is 20.7 Å². The minimum absolute atomic E-state index is 0.0438. The maximum atomic E-state index is 13.2. The molecule has 31 heavy (non-hydrogen) atoms. The summed E-state index contributed by atoms with van der Waals surface area (Å²) in [7, 11) is 1.85. The van der Waals surface area contributed by atoms with Gasteiger partial charge in [-0.2, -0.15) is 0 Å². The second kappa shape index (κ2) is 8.81. The van der Waals surface area contributed by atoms with Gasteiger partial charge in [0.2, 0.25) is 5.91 Å². The van der Waals surface area contributed by atoms with Crippen LogP contribution in [0, 0.1) is 0 Å². The third kappa shape index (κ3) is 4.01. The van der Waals surface area contributed by atoms with Crippen molar-refractivity contribution >= 4 is 28.8 Å². The molecule has 1 aliphatic heterocycles. The highest BCUT2D eigenvalue weighted by Crippen LogP contribution is 2.39. The molecule has 1 aromatic carbocycles. The molecule has 162 valence electrons. The fraction of sp³-hybridized carbons (Fsp3) is 0.333. The van der Waals surface area contributed by atoms with E-state index >= 15 is 0 Å². The molecular formula is C24H28N4O3. The second-order valence-corrected chi connectivity index (χ2v) is 7.90. The van der Waals surface area contributed by atoms with Gasteiger partial charge in [0.25, 0.3) is 5.91 Å². The lowest BCUT2D eigenvalue weighted by molar-refractivity contribution is -0.117.